The van der Waals surface area contributed by atoms with Crippen molar-refractivity contribution in [1.29, 1.82) is 0 Å². The second-order valence-corrected chi connectivity index (χ2v) is 5.19. The molecule has 0 atom stereocenters. The molecule has 1 aliphatic rings. The number of carbonyl (C=O) groups excluding carboxylic acids is 1. The third-order valence-corrected chi connectivity index (χ3v) is 3.75. The number of halogens is 1. The van der Waals surface area contributed by atoms with Crippen LogP contribution in [0.2, 0.25) is 5.02 Å². The minimum absolute atomic E-state index is 0.0150. The molecule has 1 aliphatic heterocycles. The zero-order chi connectivity index (χ0) is 12.4. The largest absolute Gasteiger partial charge is 0.507 e. The van der Waals surface area contributed by atoms with Crippen LogP contribution in [0.1, 0.15) is 18.9 Å². The van der Waals surface area contributed by atoms with Crippen molar-refractivity contribution in [2.24, 2.45) is 0 Å². The standard InChI is InChI=1S/C13H11ClO2S/c1-2-11-7-9(13(16)17-11)5-8-6-10(14)3-4-12(8)15/h3-7,15H,2H2,1H3/b9-5-. The van der Waals surface area contributed by atoms with E-state index in [0.717, 1.165) is 11.3 Å². The molecular weight excluding hydrogens is 256 g/mol. The summed E-state index contributed by atoms with van der Waals surface area (Å²) in [7, 11) is 0. The van der Waals surface area contributed by atoms with Crippen LogP contribution in [0.15, 0.2) is 34.8 Å². The number of benzene rings is 1. The molecule has 0 saturated heterocycles. The Hall–Kier alpha value is -1.19. The summed E-state index contributed by atoms with van der Waals surface area (Å²) in [6.07, 6.45) is 4.36. The summed E-state index contributed by atoms with van der Waals surface area (Å²) >= 11 is 7.09. The molecule has 17 heavy (non-hydrogen) atoms. The molecule has 0 spiro atoms. The van der Waals surface area contributed by atoms with Crippen molar-refractivity contribution in [2.75, 3.05) is 0 Å². The van der Waals surface area contributed by atoms with E-state index in [1.54, 1.807) is 18.2 Å². The molecule has 0 bridgehead atoms. The molecule has 0 aromatic heterocycles. The van der Waals surface area contributed by atoms with Crippen LogP contribution >= 0.6 is 23.4 Å². The summed E-state index contributed by atoms with van der Waals surface area (Å²) in [6.45, 7) is 2.01. The first-order valence-corrected chi connectivity index (χ1v) is 6.42. The van der Waals surface area contributed by atoms with Crippen molar-refractivity contribution in [3.63, 3.8) is 0 Å². The fraction of sp³-hybridized carbons (Fsp3) is 0.154. The van der Waals surface area contributed by atoms with Crippen LogP contribution in [0.25, 0.3) is 6.08 Å². The maximum atomic E-state index is 11.7. The van der Waals surface area contributed by atoms with E-state index in [-0.39, 0.29) is 10.9 Å². The summed E-state index contributed by atoms with van der Waals surface area (Å²) in [6, 6.07) is 4.77. The molecule has 0 aliphatic carbocycles. The van der Waals surface area contributed by atoms with Gasteiger partial charge in [-0.15, -0.1) is 0 Å². The van der Waals surface area contributed by atoms with E-state index in [9.17, 15) is 9.90 Å². The number of rotatable bonds is 2. The molecule has 0 fully saturated rings. The number of aromatic hydroxyl groups is 1. The maximum Gasteiger partial charge on any atom is 0.223 e. The molecule has 2 nitrogen and oxygen atoms in total. The van der Waals surface area contributed by atoms with Gasteiger partial charge in [0, 0.05) is 16.2 Å². The summed E-state index contributed by atoms with van der Waals surface area (Å²) in [5, 5.41) is 10.2. The Morgan fingerprint density at radius 2 is 2.24 bits per heavy atom. The Labute approximate surface area is 109 Å². The predicted molar refractivity (Wildman–Crippen MR) is 72.1 cm³/mol. The smallest absolute Gasteiger partial charge is 0.223 e. The van der Waals surface area contributed by atoms with Crippen LogP contribution in [0, 0.1) is 0 Å². The van der Waals surface area contributed by atoms with Crippen molar-refractivity contribution >= 4 is 34.6 Å². The Balaban J connectivity index is 2.39. The first kappa shape index (κ1) is 12.3. The summed E-state index contributed by atoms with van der Waals surface area (Å²) in [5.41, 5.74) is 1.17. The van der Waals surface area contributed by atoms with Crippen LogP contribution in [0.5, 0.6) is 5.75 Å². The Morgan fingerprint density at radius 3 is 2.88 bits per heavy atom. The number of thioether (sulfide) groups is 1. The van der Waals surface area contributed by atoms with Crippen molar-refractivity contribution in [3.05, 3.63) is 45.3 Å². The van der Waals surface area contributed by atoms with E-state index in [1.165, 1.54) is 17.8 Å². The molecule has 1 aromatic carbocycles. The zero-order valence-corrected chi connectivity index (χ0v) is 10.8. The number of carbonyl (C=O) groups is 1. The number of phenols is 1. The van der Waals surface area contributed by atoms with Crippen molar-refractivity contribution in [3.8, 4) is 5.75 Å². The molecule has 4 heteroatoms. The lowest BCUT2D eigenvalue weighted by molar-refractivity contribution is -0.107. The van der Waals surface area contributed by atoms with Gasteiger partial charge in [-0.25, -0.2) is 0 Å². The molecule has 0 amide bonds. The molecule has 88 valence electrons. The monoisotopic (exact) mass is 266 g/mol. The van der Waals surface area contributed by atoms with Gasteiger partial charge in [0.1, 0.15) is 5.75 Å². The average molecular weight is 267 g/mol. The Kier molecular flexibility index (Phi) is 3.60. The first-order valence-electron chi connectivity index (χ1n) is 5.23. The number of allylic oxidation sites excluding steroid dienone is 2. The maximum absolute atomic E-state index is 11.7. The lowest BCUT2D eigenvalue weighted by atomic mass is 10.1. The van der Waals surface area contributed by atoms with Crippen molar-refractivity contribution in [2.45, 2.75) is 13.3 Å². The molecule has 1 heterocycles. The van der Waals surface area contributed by atoms with Gasteiger partial charge in [0.2, 0.25) is 5.12 Å². The third kappa shape index (κ3) is 2.73. The highest BCUT2D eigenvalue weighted by Crippen LogP contribution is 2.34. The number of phenolic OH excluding ortho intramolecular Hbond substituents is 1. The quantitative estimate of drug-likeness (QED) is 0.822. The van der Waals surface area contributed by atoms with Gasteiger partial charge < -0.3 is 5.11 Å². The summed E-state index contributed by atoms with van der Waals surface area (Å²) in [4.78, 5) is 12.7. The highest BCUT2D eigenvalue weighted by atomic mass is 35.5. The second kappa shape index (κ2) is 4.98. The van der Waals surface area contributed by atoms with Gasteiger partial charge in [-0.05, 0) is 41.7 Å². The molecular formula is C13H11ClO2S. The number of hydrogen-bond donors (Lipinski definition) is 1. The van der Waals surface area contributed by atoms with Gasteiger partial charge >= 0.3 is 0 Å². The van der Waals surface area contributed by atoms with Gasteiger partial charge in [0.15, 0.2) is 0 Å². The fourth-order valence-corrected chi connectivity index (χ4v) is 2.51. The second-order valence-electron chi connectivity index (χ2n) is 3.66. The highest BCUT2D eigenvalue weighted by Gasteiger charge is 2.18. The highest BCUT2D eigenvalue weighted by molar-refractivity contribution is 8.17. The normalized spacial score (nSPS) is 17.6. The molecule has 1 N–H and O–H groups in total. The predicted octanol–water partition coefficient (Wildman–Crippen LogP) is 4.00. The Bertz CT molecular complexity index is 532. The summed E-state index contributed by atoms with van der Waals surface area (Å²) < 4.78 is 0. The first-order chi connectivity index (χ1) is 8.10. The third-order valence-electron chi connectivity index (χ3n) is 2.43. The van der Waals surface area contributed by atoms with Crippen molar-refractivity contribution in [1.82, 2.24) is 0 Å². The minimum atomic E-state index is 0.0150. The summed E-state index contributed by atoms with van der Waals surface area (Å²) in [5.74, 6) is 0.123. The van der Waals surface area contributed by atoms with Gasteiger partial charge in [0.05, 0.1) is 0 Å². The van der Waals surface area contributed by atoms with E-state index < -0.39 is 0 Å². The molecule has 1 aromatic rings. The van der Waals surface area contributed by atoms with Gasteiger partial charge in [-0.3, -0.25) is 4.79 Å². The van der Waals surface area contributed by atoms with E-state index >= 15 is 0 Å². The van der Waals surface area contributed by atoms with E-state index in [0.29, 0.717) is 16.2 Å². The van der Waals surface area contributed by atoms with Crippen LogP contribution < -0.4 is 0 Å². The van der Waals surface area contributed by atoms with E-state index in [2.05, 4.69) is 0 Å². The van der Waals surface area contributed by atoms with Crippen LogP contribution in [0.3, 0.4) is 0 Å². The lowest BCUT2D eigenvalue weighted by Crippen LogP contribution is -1.87. The molecule has 0 unspecified atom stereocenters. The minimum Gasteiger partial charge on any atom is -0.507 e. The van der Waals surface area contributed by atoms with Crippen LogP contribution in [-0.2, 0) is 4.79 Å². The average Bonchev–Trinajstić information content (AvgIpc) is 2.65. The Morgan fingerprint density at radius 1 is 1.47 bits per heavy atom. The molecule has 0 saturated carbocycles. The van der Waals surface area contributed by atoms with Gasteiger partial charge in [-0.2, -0.15) is 0 Å². The fourth-order valence-electron chi connectivity index (χ4n) is 1.52. The van der Waals surface area contributed by atoms with Crippen molar-refractivity contribution < 1.29 is 9.90 Å². The van der Waals surface area contributed by atoms with Gasteiger partial charge in [-0.1, -0.05) is 30.3 Å². The van der Waals surface area contributed by atoms with E-state index in [4.69, 9.17) is 11.6 Å². The number of hydrogen-bond acceptors (Lipinski definition) is 3. The van der Waals surface area contributed by atoms with Crippen LogP contribution in [-0.4, -0.2) is 10.2 Å². The molecule has 2 rings (SSSR count). The SMILES string of the molecule is CCC1=C/C(=C/c2cc(Cl)ccc2O)C(=O)S1. The van der Waals surface area contributed by atoms with Gasteiger partial charge in [0.25, 0.3) is 0 Å². The van der Waals surface area contributed by atoms with E-state index in [1.807, 2.05) is 13.0 Å². The zero-order valence-electron chi connectivity index (χ0n) is 9.24. The topological polar surface area (TPSA) is 37.3 Å². The van der Waals surface area contributed by atoms with Crippen LogP contribution in [0.4, 0.5) is 0 Å². The lowest BCUT2D eigenvalue weighted by Gasteiger charge is -2.00. The molecule has 0 radical (unpaired) electrons.